The molecule has 2 rings (SSSR count). The highest BCUT2D eigenvalue weighted by atomic mass is 79.9. The number of nitrogens with one attached hydrogen (secondary N) is 1. The molecule has 6 heteroatoms. The van der Waals surface area contributed by atoms with Gasteiger partial charge in [0.15, 0.2) is 5.82 Å². The van der Waals surface area contributed by atoms with Crippen LogP contribution < -0.4 is 11.1 Å². The Labute approximate surface area is 128 Å². The maximum absolute atomic E-state index is 14.2. The lowest BCUT2D eigenvalue weighted by Crippen LogP contribution is -2.11. The van der Waals surface area contributed by atoms with Gasteiger partial charge in [-0.3, -0.25) is 0 Å². The molecule has 0 aliphatic rings. The van der Waals surface area contributed by atoms with Crippen LogP contribution in [-0.2, 0) is 0 Å². The molecule has 2 aromatic rings. The Morgan fingerprint density at radius 3 is 2.68 bits per heavy atom. The van der Waals surface area contributed by atoms with E-state index in [0.717, 1.165) is 0 Å². The van der Waals surface area contributed by atoms with Gasteiger partial charge in [0.25, 0.3) is 0 Å². The van der Waals surface area contributed by atoms with Crippen molar-refractivity contribution >= 4 is 56.1 Å². The molecule has 2 aromatic carbocycles. The minimum atomic E-state index is -0.453. The Bertz CT molecular complexity index is 649. The molecule has 0 bridgehead atoms. The summed E-state index contributed by atoms with van der Waals surface area (Å²) in [6, 6.07) is 10.3. The summed E-state index contributed by atoms with van der Waals surface area (Å²) in [5, 5.41) is 3.52. The fourth-order valence-electron chi connectivity index (χ4n) is 1.56. The summed E-state index contributed by atoms with van der Waals surface area (Å²) in [5.74, 6) is -0.453. The average Bonchev–Trinajstić information content (AvgIpc) is 2.35. The van der Waals surface area contributed by atoms with E-state index in [9.17, 15) is 4.39 Å². The second-order valence-electron chi connectivity index (χ2n) is 3.79. The van der Waals surface area contributed by atoms with E-state index in [2.05, 4.69) is 21.2 Å². The summed E-state index contributed by atoms with van der Waals surface area (Å²) in [5.41, 5.74) is 6.97. The van der Waals surface area contributed by atoms with Crippen LogP contribution in [0.2, 0.25) is 5.02 Å². The van der Waals surface area contributed by atoms with Crippen LogP contribution in [0.4, 0.5) is 15.8 Å². The van der Waals surface area contributed by atoms with E-state index in [1.807, 2.05) is 0 Å². The van der Waals surface area contributed by atoms with Crippen molar-refractivity contribution in [2.75, 3.05) is 5.32 Å². The zero-order valence-corrected chi connectivity index (χ0v) is 12.7. The van der Waals surface area contributed by atoms with Crippen molar-refractivity contribution in [1.29, 1.82) is 0 Å². The normalized spacial score (nSPS) is 10.3. The molecule has 0 fully saturated rings. The molecule has 0 atom stereocenters. The summed E-state index contributed by atoms with van der Waals surface area (Å²) in [4.78, 5) is 0.139. The topological polar surface area (TPSA) is 38.0 Å². The fraction of sp³-hybridized carbons (Fsp3) is 0. The van der Waals surface area contributed by atoms with Crippen LogP contribution in [0.1, 0.15) is 5.56 Å². The minimum absolute atomic E-state index is 0.139. The summed E-state index contributed by atoms with van der Waals surface area (Å²) in [6.07, 6.45) is 0. The number of halogens is 3. The molecule has 0 heterocycles. The number of thiocarbonyl (C=S) groups is 1. The molecule has 2 nitrogen and oxygen atoms in total. The standard InChI is InChI=1S/C13H9BrClFN2S/c14-11-9(13(17)19)4-5-10(12(11)16)18-8-3-1-2-7(15)6-8/h1-6,18H,(H2,17,19). The van der Waals surface area contributed by atoms with E-state index in [4.69, 9.17) is 29.6 Å². The van der Waals surface area contributed by atoms with E-state index in [-0.39, 0.29) is 9.46 Å². The van der Waals surface area contributed by atoms with Crippen molar-refractivity contribution in [3.05, 3.63) is 57.3 Å². The molecule has 0 saturated heterocycles. The van der Waals surface area contributed by atoms with Gasteiger partial charge in [0.05, 0.1) is 10.2 Å². The maximum atomic E-state index is 14.2. The second-order valence-corrected chi connectivity index (χ2v) is 5.46. The largest absolute Gasteiger partial charge is 0.389 e. The SMILES string of the molecule is NC(=S)c1ccc(Nc2cccc(Cl)c2)c(F)c1Br. The average molecular weight is 360 g/mol. The Morgan fingerprint density at radius 2 is 2.05 bits per heavy atom. The Kier molecular flexibility index (Phi) is 4.39. The van der Waals surface area contributed by atoms with Gasteiger partial charge in [0, 0.05) is 16.3 Å². The van der Waals surface area contributed by atoms with Crippen molar-refractivity contribution in [2.24, 2.45) is 5.73 Å². The first-order valence-corrected chi connectivity index (χ1v) is 6.87. The second kappa shape index (κ2) is 5.86. The van der Waals surface area contributed by atoms with Crippen molar-refractivity contribution < 1.29 is 4.39 Å². The molecule has 0 amide bonds. The molecule has 0 aliphatic heterocycles. The molecular weight excluding hydrogens is 351 g/mol. The Hall–Kier alpha value is -1.17. The van der Waals surface area contributed by atoms with Gasteiger partial charge < -0.3 is 11.1 Å². The zero-order chi connectivity index (χ0) is 14.0. The quantitative estimate of drug-likeness (QED) is 0.785. The number of benzene rings is 2. The van der Waals surface area contributed by atoms with Crippen molar-refractivity contribution in [3.63, 3.8) is 0 Å². The van der Waals surface area contributed by atoms with Gasteiger partial charge in [-0.05, 0) is 46.3 Å². The molecule has 98 valence electrons. The highest BCUT2D eigenvalue weighted by Crippen LogP contribution is 2.29. The molecule has 0 unspecified atom stereocenters. The van der Waals surface area contributed by atoms with Crippen LogP contribution in [-0.4, -0.2) is 4.99 Å². The highest BCUT2D eigenvalue weighted by molar-refractivity contribution is 9.10. The van der Waals surface area contributed by atoms with Gasteiger partial charge in [-0.1, -0.05) is 29.9 Å². The third-order valence-electron chi connectivity index (χ3n) is 2.45. The lowest BCUT2D eigenvalue weighted by molar-refractivity contribution is 0.625. The maximum Gasteiger partial charge on any atom is 0.161 e. The monoisotopic (exact) mass is 358 g/mol. The minimum Gasteiger partial charge on any atom is -0.389 e. The molecule has 0 aromatic heterocycles. The Morgan fingerprint density at radius 1 is 1.32 bits per heavy atom. The van der Waals surface area contributed by atoms with Crippen LogP contribution in [0.5, 0.6) is 0 Å². The van der Waals surface area contributed by atoms with Crippen LogP contribution in [0.25, 0.3) is 0 Å². The number of nitrogens with two attached hydrogens (primary N) is 1. The number of rotatable bonds is 3. The first kappa shape index (κ1) is 14.2. The lowest BCUT2D eigenvalue weighted by atomic mass is 10.2. The van der Waals surface area contributed by atoms with Gasteiger partial charge in [-0.15, -0.1) is 0 Å². The van der Waals surface area contributed by atoms with Crippen molar-refractivity contribution in [3.8, 4) is 0 Å². The van der Waals surface area contributed by atoms with Gasteiger partial charge >= 0.3 is 0 Å². The van der Waals surface area contributed by atoms with Gasteiger partial charge in [0.2, 0.25) is 0 Å². The molecular formula is C13H9BrClFN2S. The van der Waals surface area contributed by atoms with E-state index in [1.165, 1.54) is 0 Å². The van der Waals surface area contributed by atoms with E-state index >= 15 is 0 Å². The van der Waals surface area contributed by atoms with Gasteiger partial charge in [0.1, 0.15) is 4.99 Å². The number of hydrogen-bond donors (Lipinski definition) is 2. The Balaban J connectivity index is 2.37. The third-order valence-corrected chi connectivity index (χ3v) is 3.68. The fourth-order valence-corrected chi connectivity index (χ4v) is 2.61. The van der Waals surface area contributed by atoms with Crippen LogP contribution in [0.3, 0.4) is 0 Å². The molecule has 0 spiro atoms. The van der Waals surface area contributed by atoms with E-state index < -0.39 is 5.82 Å². The predicted octanol–water partition coefficient (Wildman–Crippen LogP) is 4.62. The molecule has 0 aliphatic carbocycles. The van der Waals surface area contributed by atoms with E-state index in [0.29, 0.717) is 22.0 Å². The number of anilines is 2. The third kappa shape index (κ3) is 3.23. The van der Waals surface area contributed by atoms with Gasteiger partial charge in [-0.25, -0.2) is 4.39 Å². The highest BCUT2D eigenvalue weighted by Gasteiger charge is 2.13. The summed E-state index contributed by atoms with van der Waals surface area (Å²) in [6.45, 7) is 0. The van der Waals surface area contributed by atoms with Crippen LogP contribution in [0.15, 0.2) is 40.9 Å². The first-order valence-electron chi connectivity index (χ1n) is 5.29. The molecule has 0 saturated carbocycles. The van der Waals surface area contributed by atoms with Crippen LogP contribution in [0, 0.1) is 5.82 Å². The zero-order valence-electron chi connectivity index (χ0n) is 9.58. The molecule has 19 heavy (non-hydrogen) atoms. The van der Waals surface area contributed by atoms with Gasteiger partial charge in [-0.2, -0.15) is 0 Å². The predicted molar refractivity (Wildman–Crippen MR) is 84.7 cm³/mol. The summed E-state index contributed by atoms with van der Waals surface area (Å²) < 4.78 is 14.4. The number of hydrogen-bond acceptors (Lipinski definition) is 2. The summed E-state index contributed by atoms with van der Waals surface area (Å²) >= 11 is 13.9. The van der Waals surface area contributed by atoms with Crippen molar-refractivity contribution in [2.45, 2.75) is 0 Å². The molecule has 3 N–H and O–H groups in total. The van der Waals surface area contributed by atoms with Crippen molar-refractivity contribution in [1.82, 2.24) is 0 Å². The lowest BCUT2D eigenvalue weighted by Gasteiger charge is -2.11. The van der Waals surface area contributed by atoms with E-state index in [1.54, 1.807) is 36.4 Å². The smallest absolute Gasteiger partial charge is 0.161 e. The first-order chi connectivity index (χ1) is 8.99. The summed E-state index contributed by atoms with van der Waals surface area (Å²) in [7, 11) is 0. The molecule has 0 radical (unpaired) electrons. The van der Waals surface area contributed by atoms with Crippen LogP contribution >= 0.6 is 39.7 Å².